The van der Waals surface area contributed by atoms with Crippen molar-refractivity contribution in [2.45, 2.75) is 19.8 Å². The first-order valence-electron chi connectivity index (χ1n) is 5.65. The highest BCUT2D eigenvalue weighted by Gasteiger charge is 2.17. The fraction of sp³-hybridized carbons (Fsp3) is 0.214. The van der Waals surface area contributed by atoms with Gasteiger partial charge in [-0.2, -0.15) is 0 Å². The zero-order valence-electron chi connectivity index (χ0n) is 10.1. The summed E-state index contributed by atoms with van der Waals surface area (Å²) in [5, 5.41) is 0. The highest BCUT2D eigenvalue weighted by Crippen LogP contribution is 2.29. The lowest BCUT2D eigenvalue weighted by Crippen LogP contribution is -1.98. The quantitative estimate of drug-likeness (QED) is 0.786. The van der Waals surface area contributed by atoms with Crippen molar-refractivity contribution < 1.29 is 13.2 Å². The summed E-state index contributed by atoms with van der Waals surface area (Å²) in [6, 6.07) is 6.42. The molecule has 19 heavy (non-hydrogen) atoms. The first-order chi connectivity index (χ1) is 8.97. The fourth-order valence-electron chi connectivity index (χ4n) is 1.74. The molecule has 2 aromatic rings. The molecular formula is C14H11BrF3N. The Morgan fingerprint density at radius 3 is 2.58 bits per heavy atom. The molecule has 0 atom stereocenters. The summed E-state index contributed by atoms with van der Waals surface area (Å²) in [6.07, 6.45) is -0.733. The van der Waals surface area contributed by atoms with Gasteiger partial charge in [0.1, 0.15) is 5.82 Å². The van der Waals surface area contributed by atoms with Gasteiger partial charge in [0, 0.05) is 18.3 Å². The molecule has 0 saturated carbocycles. The Kier molecular flexibility index (Phi) is 4.24. The molecule has 0 radical (unpaired) electrons. The molecule has 0 aliphatic carbocycles. The lowest BCUT2D eigenvalue weighted by molar-refractivity contribution is 0.146. The van der Waals surface area contributed by atoms with Gasteiger partial charge in [-0.3, -0.25) is 4.98 Å². The van der Waals surface area contributed by atoms with Gasteiger partial charge in [-0.15, -0.1) is 0 Å². The van der Waals surface area contributed by atoms with Crippen molar-refractivity contribution in [3.8, 4) is 0 Å². The van der Waals surface area contributed by atoms with E-state index in [0.717, 1.165) is 11.3 Å². The van der Waals surface area contributed by atoms with Gasteiger partial charge in [0.25, 0.3) is 6.43 Å². The largest absolute Gasteiger partial charge is 0.266 e. The average Bonchev–Trinajstić information content (AvgIpc) is 2.36. The minimum atomic E-state index is -2.83. The van der Waals surface area contributed by atoms with Gasteiger partial charge in [-0.25, -0.2) is 13.2 Å². The van der Waals surface area contributed by atoms with Gasteiger partial charge in [-0.05, 0) is 52.2 Å². The van der Waals surface area contributed by atoms with Crippen LogP contribution in [0.15, 0.2) is 34.9 Å². The number of aryl methyl sites for hydroxylation is 1. The topological polar surface area (TPSA) is 12.9 Å². The van der Waals surface area contributed by atoms with Crippen LogP contribution in [0.2, 0.25) is 0 Å². The van der Waals surface area contributed by atoms with Crippen LogP contribution in [0.4, 0.5) is 13.2 Å². The van der Waals surface area contributed by atoms with Crippen molar-refractivity contribution in [2.75, 3.05) is 0 Å². The zero-order chi connectivity index (χ0) is 14.0. The molecule has 1 heterocycles. The van der Waals surface area contributed by atoms with E-state index in [1.807, 2.05) is 19.1 Å². The predicted molar refractivity (Wildman–Crippen MR) is 70.8 cm³/mol. The predicted octanol–water partition coefficient (Wildman–Crippen LogP) is 4.82. The van der Waals surface area contributed by atoms with Gasteiger partial charge in [0.2, 0.25) is 0 Å². The molecule has 0 amide bonds. The second-order valence-corrected chi connectivity index (χ2v) is 5.14. The van der Waals surface area contributed by atoms with E-state index < -0.39 is 17.8 Å². The molecule has 0 aliphatic heterocycles. The minimum Gasteiger partial charge on any atom is -0.261 e. The van der Waals surface area contributed by atoms with Crippen LogP contribution in [0.3, 0.4) is 0 Å². The summed E-state index contributed by atoms with van der Waals surface area (Å²) in [5.74, 6) is -0.907. The minimum absolute atomic E-state index is 0.0485. The maximum absolute atomic E-state index is 13.5. The molecule has 0 bridgehead atoms. The molecule has 1 aromatic carbocycles. The highest BCUT2D eigenvalue weighted by molar-refractivity contribution is 9.10. The second-order valence-electron chi connectivity index (χ2n) is 4.29. The number of nitrogens with zero attached hydrogens (tertiary/aromatic N) is 1. The lowest BCUT2D eigenvalue weighted by atomic mass is 10.1. The summed E-state index contributed by atoms with van der Waals surface area (Å²) < 4.78 is 38.9. The number of aromatic nitrogens is 1. The van der Waals surface area contributed by atoms with Crippen molar-refractivity contribution in [3.05, 3.63) is 63.1 Å². The summed E-state index contributed by atoms with van der Waals surface area (Å²) in [4.78, 5) is 4.20. The van der Waals surface area contributed by atoms with Crippen LogP contribution in [-0.2, 0) is 6.42 Å². The van der Waals surface area contributed by atoms with Gasteiger partial charge >= 0.3 is 0 Å². The number of rotatable bonds is 3. The highest BCUT2D eigenvalue weighted by atomic mass is 79.9. The normalized spacial score (nSPS) is 11.1. The number of halogens is 4. The molecule has 0 fully saturated rings. The smallest absolute Gasteiger partial charge is 0.261 e. The molecule has 100 valence electrons. The van der Waals surface area contributed by atoms with Crippen LogP contribution in [0, 0.1) is 12.7 Å². The second kappa shape index (κ2) is 5.74. The van der Waals surface area contributed by atoms with E-state index >= 15 is 0 Å². The number of alkyl halides is 2. The van der Waals surface area contributed by atoms with Gasteiger partial charge in [0.15, 0.2) is 0 Å². The number of benzene rings is 1. The van der Waals surface area contributed by atoms with E-state index in [1.165, 1.54) is 12.1 Å². The maximum atomic E-state index is 13.5. The molecule has 5 heteroatoms. The van der Waals surface area contributed by atoms with Crippen LogP contribution in [0.1, 0.15) is 28.8 Å². The summed E-state index contributed by atoms with van der Waals surface area (Å²) in [5.41, 5.74) is 1.79. The van der Waals surface area contributed by atoms with E-state index in [2.05, 4.69) is 20.9 Å². The van der Waals surface area contributed by atoms with Crippen molar-refractivity contribution in [3.63, 3.8) is 0 Å². The van der Waals surface area contributed by atoms with E-state index in [1.54, 1.807) is 6.20 Å². The zero-order valence-corrected chi connectivity index (χ0v) is 11.7. The Morgan fingerprint density at radius 1 is 1.26 bits per heavy atom. The van der Waals surface area contributed by atoms with E-state index in [0.29, 0.717) is 12.0 Å². The van der Waals surface area contributed by atoms with Crippen LogP contribution in [0.5, 0.6) is 0 Å². The van der Waals surface area contributed by atoms with Gasteiger partial charge < -0.3 is 0 Å². The fourth-order valence-corrected chi connectivity index (χ4v) is 2.26. The Labute approximate surface area is 117 Å². The van der Waals surface area contributed by atoms with E-state index in [-0.39, 0.29) is 4.47 Å². The van der Waals surface area contributed by atoms with E-state index in [9.17, 15) is 13.2 Å². The first kappa shape index (κ1) is 14.1. The Hall–Kier alpha value is -1.36. The third-order valence-electron chi connectivity index (χ3n) is 2.71. The molecule has 0 aliphatic rings. The van der Waals surface area contributed by atoms with Crippen molar-refractivity contribution in [1.82, 2.24) is 4.98 Å². The van der Waals surface area contributed by atoms with Crippen LogP contribution >= 0.6 is 15.9 Å². The molecule has 0 unspecified atom stereocenters. The van der Waals surface area contributed by atoms with Crippen molar-refractivity contribution >= 4 is 15.9 Å². The van der Waals surface area contributed by atoms with Crippen LogP contribution < -0.4 is 0 Å². The first-order valence-corrected chi connectivity index (χ1v) is 6.44. The number of pyridine rings is 1. The summed E-state index contributed by atoms with van der Waals surface area (Å²) in [6.45, 7) is 1.92. The third-order valence-corrected chi connectivity index (χ3v) is 3.29. The molecule has 0 N–H and O–H groups in total. The molecule has 1 nitrogen and oxygen atoms in total. The molecular weight excluding hydrogens is 319 g/mol. The molecule has 0 spiro atoms. The van der Waals surface area contributed by atoms with Gasteiger partial charge in [-0.1, -0.05) is 6.07 Å². The Balaban J connectivity index is 2.33. The molecule has 0 saturated heterocycles. The average molecular weight is 330 g/mol. The van der Waals surface area contributed by atoms with Crippen LogP contribution in [0.25, 0.3) is 0 Å². The molecule has 1 aromatic heterocycles. The lowest BCUT2D eigenvalue weighted by Gasteiger charge is -2.08. The van der Waals surface area contributed by atoms with Gasteiger partial charge in [0.05, 0.1) is 10.0 Å². The number of hydrogen-bond acceptors (Lipinski definition) is 1. The molecule has 2 rings (SSSR count). The Morgan fingerprint density at radius 2 is 2.00 bits per heavy atom. The summed E-state index contributed by atoms with van der Waals surface area (Å²) in [7, 11) is 0. The number of hydrogen-bond donors (Lipinski definition) is 0. The summed E-state index contributed by atoms with van der Waals surface area (Å²) >= 11 is 2.96. The van der Waals surface area contributed by atoms with E-state index in [4.69, 9.17) is 0 Å². The Bertz CT molecular complexity index is 582. The van der Waals surface area contributed by atoms with Crippen LogP contribution in [-0.4, -0.2) is 4.98 Å². The van der Waals surface area contributed by atoms with Crippen molar-refractivity contribution in [2.24, 2.45) is 0 Å². The SMILES string of the molecule is Cc1ccc(Cc2cc(Br)c(F)c(C(F)F)c2)nc1. The van der Waals surface area contributed by atoms with Crippen molar-refractivity contribution in [1.29, 1.82) is 0 Å². The monoisotopic (exact) mass is 329 g/mol. The third kappa shape index (κ3) is 3.35. The maximum Gasteiger partial charge on any atom is 0.266 e. The standard InChI is InChI=1S/C14H11BrF3N/c1-8-2-3-10(19-7-8)4-9-5-11(14(17)18)13(16)12(15)6-9/h2-3,5-7,14H,4H2,1H3.